The van der Waals surface area contributed by atoms with Gasteiger partial charge in [-0.3, -0.25) is 4.79 Å². The van der Waals surface area contributed by atoms with E-state index >= 15 is 0 Å². The van der Waals surface area contributed by atoms with Crippen molar-refractivity contribution in [3.05, 3.63) is 70.6 Å². The third-order valence-corrected chi connectivity index (χ3v) is 3.90. The van der Waals surface area contributed by atoms with E-state index in [-0.39, 0.29) is 5.91 Å². The van der Waals surface area contributed by atoms with Crippen LogP contribution in [0.5, 0.6) is 5.75 Å². The number of hydrogen-bond donors (Lipinski definition) is 1. The standard InChI is InChI=1S/C20H19NO4/c1-3-17(24-15-7-5-4-6-8-15)20(23)21-14-9-10-16-13(2)11-19(22)25-18(16)12-14/h4-12,17H,3H2,1-2H3,(H,21,23)/t17-/m1/s1. The molecule has 25 heavy (non-hydrogen) atoms. The molecule has 1 heterocycles. The summed E-state index contributed by atoms with van der Waals surface area (Å²) in [5, 5.41) is 3.66. The smallest absolute Gasteiger partial charge is 0.336 e. The molecular weight excluding hydrogens is 318 g/mol. The fraction of sp³-hybridized carbons (Fsp3) is 0.200. The number of nitrogens with one attached hydrogen (secondary N) is 1. The highest BCUT2D eigenvalue weighted by atomic mass is 16.5. The molecule has 0 aliphatic carbocycles. The topological polar surface area (TPSA) is 68.5 Å². The van der Waals surface area contributed by atoms with Gasteiger partial charge in [-0.05, 0) is 43.2 Å². The minimum absolute atomic E-state index is 0.249. The summed E-state index contributed by atoms with van der Waals surface area (Å²) in [5.74, 6) is 0.394. The fourth-order valence-corrected chi connectivity index (χ4v) is 2.61. The van der Waals surface area contributed by atoms with Crippen LogP contribution >= 0.6 is 0 Å². The normalized spacial score (nSPS) is 11.9. The van der Waals surface area contributed by atoms with Crippen LogP contribution in [0.25, 0.3) is 11.0 Å². The summed E-state index contributed by atoms with van der Waals surface area (Å²) in [5.41, 5.74) is 1.43. The predicted molar refractivity (Wildman–Crippen MR) is 97.0 cm³/mol. The Balaban J connectivity index is 1.79. The average molecular weight is 337 g/mol. The van der Waals surface area contributed by atoms with Gasteiger partial charge in [0.25, 0.3) is 5.91 Å². The summed E-state index contributed by atoms with van der Waals surface area (Å²) in [4.78, 5) is 24.0. The minimum atomic E-state index is -0.609. The van der Waals surface area contributed by atoms with Crippen molar-refractivity contribution in [1.29, 1.82) is 0 Å². The Labute approximate surface area is 145 Å². The molecule has 1 aromatic heterocycles. The lowest BCUT2D eigenvalue weighted by Gasteiger charge is -2.17. The van der Waals surface area contributed by atoms with Crippen molar-refractivity contribution in [1.82, 2.24) is 0 Å². The van der Waals surface area contributed by atoms with Crippen LogP contribution in [-0.4, -0.2) is 12.0 Å². The van der Waals surface area contributed by atoms with Crippen molar-refractivity contribution in [2.75, 3.05) is 5.32 Å². The summed E-state index contributed by atoms with van der Waals surface area (Å²) in [6, 6.07) is 15.9. The van der Waals surface area contributed by atoms with E-state index in [0.29, 0.717) is 23.4 Å². The zero-order valence-corrected chi connectivity index (χ0v) is 14.1. The van der Waals surface area contributed by atoms with E-state index < -0.39 is 11.7 Å². The van der Waals surface area contributed by atoms with Crippen molar-refractivity contribution >= 4 is 22.6 Å². The van der Waals surface area contributed by atoms with E-state index in [4.69, 9.17) is 9.15 Å². The number of ether oxygens (including phenoxy) is 1. The molecule has 0 fully saturated rings. The van der Waals surface area contributed by atoms with Crippen LogP contribution in [-0.2, 0) is 4.79 Å². The minimum Gasteiger partial charge on any atom is -0.481 e. The van der Waals surface area contributed by atoms with E-state index in [0.717, 1.165) is 10.9 Å². The van der Waals surface area contributed by atoms with E-state index in [2.05, 4.69) is 5.32 Å². The van der Waals surface area contributed by atoms with Gasteiger partial charge in [-0.15, -0.1) is 0 Å². The van der Waals surface area contributed by atoms with Crippen LogP contribution in [0, 0.1) is 6.92 Å². The van der Waals surface area contributed by atoms with Crippen molar-refractivity contribution < 1.29 is 13.9 Å². The number of benzene rings is 2. The van der Waals surface area contributed by atoms with E-state index in [1.807, 2.05) is 50.2 Å². The molecular formula is C20H19NO4. The van der Waals surface area contributed by atoms with Crippen LogP contribution in [0.15, 0.2) is 63.8 Å². The Morgan fingerprint density at radius 3 is 2.64 bits per heavy atom. The van der Waals surface area contributed by atoms with E-state index in [9.17, 15) is 9.59 Å². The van der Waals surface area contributed by atoms with Crippen LogP contribution in [0.4, 0.5) is 5.69 Å². The Kier molecular flexibility index (Phi) is 4.84. The molecule has 2 aromatic carbocycles. The number of hydrogen-bond acceptors (Lipinski definition) is 4. The van der Waals surface area contributed by atoms with Gasteiger partial charge in [0.05, 0.1) is 0 Å². The highest BCUT2D eigenvalue weighted by Gasteiger charge is 2.18. The molecule has 0 bridgehead atoms. The first kappa shape index (κ1) is 16.8. The van der Waals surface area contributed by atoms with Crippen LogP contribution in [0.1, 0.15) is 18.9 Å². The first-order valence-electron chi connectivity index (χ1n) is 8.14. The lowest BCUT2D eigenvalue weighted by atomic mass is 10.1. The second-order valence-corrected chi connectivity index (χ2v) is 5.78. The number of aryl methyl sites for hydroxylation is 1. The van der Waals surface area contributed by atoms with E-state index in [1.54, 1.807) is 12.1 Å². The molecule has 3 rings (SSSR count). The summed E-state index contributed by atoms with van der Waals surface area (Å²) in [7, 11) is 0. The summed E-state index contributed by atoms with van der Waals surface area (Å²) >= 11 is 0. The maximum atomic E-state index is 12.5. The number of carbonyl (C=O) groups excluding carboxylic acids is 1. The van der Waals surface area contributed by atoms with Crippen LogP contribution in [0.3, 0.4) is 0 Å². The Hall–Kier alpha value is -3.08. The SMILES string of the molecule is CC[C@@H](Oc1ccccc1)C(=O)Nc1ccc2c(C)cc(=O)oc2c1. The quantitative estimate of drug-likeness (QED) is 0.717. The molecule has 128 valence electrons. The Morgan fingerprint density at radius 2 is 1.92 bits per heavy atom. The first-order chi connectivity index (χ1) is 12.1. The maximum Gasteiger partial charge on any atom is 0.336 e. The number of amides is 1. The highest BCUT2D eigenvalue weighted by molar-refractivity contribution is 5.96. The summed E-state index contributed by atoms with van der Waals surface area (Å²) < 4.78 is 10.9. The second-order valence-electron chi connectivity index (χ2n) is 5.78. The molecule has 0 spiro atoms. The molecule has 5 nitrogen and oxygen atoms in total. The third-order valence-electron chi connectivity index (χ3n) is 3.90. The molecule has 5 heteroatoms. The monoisotopic (exact) mass is 337 g/mol. The van der Waals surface area contributed by atoms with Gasteiger partial charge in [0, 0.05) is 23.2 Å². The number of rotatable bonds is 5. The van der Waals surface area contributed by atoms with Gasteiger partial charge in [-0.2, -0.15) is 0 Å². The molecule has 1 N–H and O–H groups in total. The zero-order chi connectivity index (χ0) is 17.8. The van der Waals surface area contributed by atoms with Gasteiger partial charge in [0.2, 0.25) is 0 Å². The maximum absolute atomic E-state index is 12.5. The molecule has 0 aliphatic heterocycles. The molecule has 0 radical (unpaired) electrons. The summed E-state index contributed by atoms with van der Waals surface area (Å²) in [6.45, 7) is 3.73. The summed E-state index contributed by atoms with van der Waals surface area (Å²) in [6.07, 6.45) is -0.0784. The number of carbonyl (C=O) groups is 1. The van der Waals surface area contributed by atoms with Crippen molar-refractivity contribution in [2.45, 2.75) is 26.4 Å². The van der Waals surface area contributed by atoms with Gasteiger partial charge < -0.3 is 14.5 Å². The second kappa shape index (κ2) is 7.21. The van der Waals surface area contributed by atoms with Gasteiger partial charge in [0.15, 0.2) is 6.10 Å². The third kappa shape index (κ3) is 3.88. The lowest BCUT2D eigenvalue weighted by molar-refractivity contribution is -0.122. The molecule has 1 amide bonds. The van der Waals surface area contributed by atoms with E-state index in [1.165, 1.54) is 6.07 Å². The molecule has 0 saturated carbocycles. The fourth-order valence-electron chi connectivity index (χ4n) is 2.61. The molecule has 0 saturated heterocycles. The van der Waals surface area contributed by atoms with Crippen molar-refractivity contribution in [2.24, 2.45) is 0 Å². The lowest BCUT2D eigenvalue weighted by Crippen LogP contribution is -2.32. The van der Waals surface area contributed by atoms with Crippen molar-refractivity contribution in [3.8, 4) is 5.75 Å². The Morgan fingerprint density at radius 1 is 1.16 bits per heavy atom. The van der Waals surface area contributed by atoms with Crippen LogP contribution in [0.2, 0.25) is 0 Å². The first-order valence-corrected chi connectivity index (χ1v) is 8.14. The van der Waals surface area contributed by atoms with Gasteiger partial charge in [-0.25, -0.2) is 4.79 Å². The zero-order valence-electron chi connectivity index (χ0n) is 14.1. The molecule has 0 unspecified atom stereocenters. The highest BCUT2D eigenvalue weighted by Crippen LogP contribution is 2.21. The van der Waals surface area contributed by atoms with Crippen molar-refractivity contribution in [3.63, 3.8) is 0 Å². The molecule has 3 aromatic rings. The van der Waals surface area contributed by atoms with Gasteiger partial charge in [-0.1, -0.05) is 25.1 Å². The largest absolute Gasteiger partial charge is 0.481 e. The predicted octanol–water partition coefficient (Wildman–Crippen LogP) is 3.90. The number of anilines is 1. The Bertz CT molecular complexity index is 947. The number of para-hydroxylation sites is 1. The van der Waals surface area contributed by atoms with Gasteiger partial charge >= 0.3 is 5.63 Å². The molecule has 0 aliphatic rings. The van der Waals surface area contributed by atoms with Gasteiger partial charge in [0.1, 0.15) is 11.3 Å². The average Bonchev–Trinajstić information content (AvgIpc) is 2.60. The van der Waals surface area contributed by atoms with Crippen LogP contribution < -0.4 is 15.7 Å². The number of fused-ring (bicyclic) bond motifs is 1. The molecule has 1 atom stereocenters.